The average Bonchev–Trinajstić information content (AvgIpc) is 2.39. The first-order valence-electron chi connectivity index (χ1n) is 6.53. The first-order valence-corrected chi connectivity index (χ1v) is 6.91. The van der Waals surface area contributed by atoms with Crippen LogP contribution in [0.5, 0.6) is 0 Å². The minimum atomic E-state index is -0.777. The van der Waals surface area contributed by atoms with Crippen molar-refractivity contribution in [2.45, 2.75) is 12.8 Å². The minimum absolute atomic E-state index is 0.112. The normalized spacial score (nSPS) is 19.9. The second kappa shape index (κ2) is 6.37. The van der Waals surface area contributed by atoms with Gasteiger partial charge in [0.1, 0.15) is 11.5 Å². The molecule has 5 nitrogen and oxygen atoms in total. The molecule has 1 N–H and O–H groups in total. The fraction of sp³-hybridized carbons (Fsp3) is 0.538. The first-order chi connectivity index (χ1) is 9.47. The van der Waals surface area contributed by atoms with E-state index in [0.29, 0.717) is 12.5 Å². The Morgan fingerprint density at radius 1 is 1.60 bits per heavy atom. The van der Waals surface area contributed by atoms with E-state index in [9.17, 15) is 14.5 Å². The number of piperidine rings is 1. The van der Waals surface area contributed by atoms with E-state index in [2.05, 4.69) is 17.3 Å². The van der Waals surface area contributed by atoms with Crippen molar-refractivity contribution in [2.75, 3.05) is 32.0 Å². The van der Waals surface area contributed by atoms with Crippen LogP contribution in [0.4, 0.5) is 15.8 Å². The van der Waals surface area contributed by atoms with E-state index in [1.807, 2.05) is 0 Å². The standard InChI is InChI=1S/C13H17ClFN3O2/c1-17-4-2-3-9(8-17)7-16-12-5-10(14)11(15)6-13(12)18(19)20/h5-6,9,16H,2-4,7-8H2,1H3. The molecule has 0 spiro atoms. The maximum Gasteiger partial charge on any atom is 0.295 e. The summed E-state index contributed by atoms with van der Waals surface area (Å²) >= 11 is 5.69. The predicted octanol–water partition coefficient (Wildman–Crippen LogP) is 3.14. The van der Waals surface area contributed by atoms with Crippen molar-refractivity contribution >= 4 is 23.0 Å². The lowest BCUT2D eigenvalue weighted by molar-refractivity contribution is -0.384. The van der Waals surface area contributed by atoms with Crippen LogP contribution in [0.15, 0.2) is 12.1 Å². The van der Waals surface area contributed by atoms with Gasteiger partial charge in [-0.3, -0.25) is 10.1 Å². The summed E-state index contributed by atoms with van der Waals surface area (Å²) in [4.78, 5) is 12.6. The summed E-state index contributed by atoms with van der Waals surface area (Å²) in [6, 6.07) is 2.14. The Bertz CT molecular complexity index is 513. The van der Waals surface area contributed by atoms with Crippen molar-refractivity contribution in [3.05, 3.63) is 33.1 Å². The van der Waals surface area contributed by atoms with Gasteiger partial charge in [-0.15, -0.1) is 0 Å². The van der Waals surface area contributed by atoms with Gasteiger partial charge >= 0.3 is 0 Å². The largest absolute Gasteiger partial charge is 0.379 e. The summed E-state index contributed by atoms with van der Waals surface area (Å²) in [5.41, 5.74) is -0.00862. The van der Waals surface area contributed by atoms with Crippen LogP contribution >= 0.6 is 11.6 Å². The Hall–Kier alpha value is -1.40. The van der Waals surface area contributed by atoms with Crippen LogP contribution in [0, 0.1) is 21.8 Å². The number of halogens is 2. The molecule has 0 aliphatic carbocycles. The quantitative estimate of drug-likeness (QED) is 0.685. The van der Waals surface area contributed by atoms with Crippen LogP contribution < -0.4 is 5.32 Å². The van der Waals surface area contributed by atoms with Crippen LogP contribution in [0.2, 0.25) is 5.02 Å². The SMILES string of the molecule is CN1CCCC(CNc2cc(Cl)c(F)cc2[N+](=O)[O-])C1. The summed E-state index contributed by atoms with van der Waals surface area (Å²) in [5.74, 6) is -0.349. The molecule has 1 aliphatic rings. The van der Waals surface area contributed by atoms with E-state index in [1.54, 1.807) is 0 Å². The van der Waals surface area contributed by atoms with E-state index in [4.69, 9.17) is 11.6 Å². The molecule has 1 fully saturated rings. The molecule has 1 aromatic rings. The molecule has 0 aromatic heterocycles. The highest BCUT2D eigenvalue weighted by molar-refractivity contribution is 6.31. The van der Waals surface area contributed by atoms with Crippen molar-refractivity contribution in [1.82, 2.24) is 4.90 Å². The van der Waals surface area contributed by atoms with Gasteiger partial charge in [0.25, 0.3) is 5.69 Å². The summed E-state index contributed by atoms with van der Waals surface area (Å²) in [7, 11) is 2.06. The summed E-state index contributed by atoms with van der Waals surface area (Å²) in [5, 5.41) is 13.9. The highest BCUT2D eigenvalue weighted by atomic mass is 35.5. The van der Waals surface area contributed by atoms with Gasteiger partial charge in [-0.25, -0.2) is 4.39 Å². The highest BCUT2D eigenvalue weighted by Crippen LogP contribution is 2.30. The first kappa shape index (κ1) is 15.0. The topological polar surface area (TPSA) is 58.4 Å². The second-order valence-corrected chi connectivity index (χ2v) is 5.60. The third-order valence-electron chi connectivity index (χ3n) is 3.54. The zero-order valence-corrected chi connectivity index (χ0v) is 12.0. The molecular weight excluding hydrogens is 285 g/mol. The van der Waals surface area contributed by atoms with E-state index in [0.717, 1.165) is 32.0 Å². The molecule has 7 heteroatoms. The molecule has 0 radical (unpaired) electrons. The van der Waals surface area contributed by atoms with Gasteiger partial charge in [-0.05, 0) is 38.4 Å². The molecule has 1 aliphatic heterocycles. The number of likely N-dealkylation sites (tertiary alicyclic amines) is 1. The van der Waals surface area contributed by atoms with Crippen molar-refractivity contribution < 1.29 is 9.31 Å². The Morgan fingerprint density at radius 2 is 2.35 bits per heavy atom. The van der Waals surface area contributed by atoms with Crippen LogP contribution in [0.25, 0.3) is 0 Å². The Labute approximate surface area is 121 Å². The smallest absolute Gasteiger partial charge is 0.295 e. The second-order valence-electron chi connectivity index (χ2n) is 5.19. The summed E-state index contributed by atoms with van der Waals surface area (Å²) < 4.78 is 13.3. The van der Waals surface area contributed by atoms with Crippen LogP contribution in [-0.4, -0.2) is 36.5 Å². The third-order valence-corrected chi connectivity index (χ3v) is 3.83. The van der Waals surface area contributed by atoms with Gasteiger partial charge in [0.15, 0.2) is 0 Å². The average molecular weight is 302 g/mol. The lowest BCUT2D eigenvalue weighted by Crippen LogP contribution is -2.35. The number of nitro benzene ring substituents is 1. The summed E-state index contributed by atoms with van der Waals surface area (Å²) in [6.07, 6.45) is 2.20. The molecule has 0 bridgehead atoms. The fourth-order valence-electron chi connectivity index (χ4n) is 2.52. The van der Waals surface area contributed by atoms with Crippen LogP contribution in [0.1, 0.15) is 12.8 Å². The van der Waals surface area contributed by atoms with Crippen molar-refractivity contribution in [3.63, 3.8) is 0 Å². The van der Waals surface area contributed by atoms with Gasteiger partial charge in [0.2, 0.25) is 0 Å². The number of nitrogens with one attached hydrogen (secondary N) is 1. The lowest BCUT2D eigenvalue weighted by atomic mass is 9.98. The molecular formula is C13H17ClFN3O2. The Morgan fingerprint density at radius 3 is 3.00 bits per heavy atom. The highest BCUT2D eigenvalue weighted by Gasteiger charge is 2.21. The summed E-state index contributed by atoms with van der Waals surface area (Å²) in [6.45, 7) is 2.65. The van der Waals surface area contributed by atoms with E-state index >= 15 is 0 Å². The maximum atomic E-state index is 13.3. The molecule has 1 aromatic carbocycles. The number of nitro groups is 1. The van der Waals surface area contributed by atoms with Gasteiger partial charge in [-0.1, -0.05) is 11.6 Å². The van der Waals surface area contributed by atoms with Gasteiger partial charge in [0.05, 0.1) is 16.0 Å². The number of benzene rings is 1. The number of hydrogen-bond acceptors (Lipinski definition) is 4. The molecule has 1 atom stereocenters. The van der Waals surface area contributed by atoms with E-state index in [-0.39, 0.29) is 16.4 Å². The zero-order valence-electron chi connectivity index (χ0n) is 11.2. The van der Waals surface area contributed by atoms with E-state index in [1.165, 1.54) is 6.07 Å². The maximum absolute atomic E-state index is 13.3. The lowest BCUT2D eigenvalue weighted by Gasteiger charge is -2.29. The number of anilines is 1. The molecule has 110 valence electrons. The zero-order chi connectivity index (χ0) is 14.7. The van der Waals surface area contributed by atoms with Gasteiger partial charge in [0, 0.05) is 13.1 Å². The van der Waals surface area contributed by atoms with Gasteiger partial charge in [-0.2, -0.15) is 0 Å². The van der Waals surface area contributed by atoms with Crippen molar-refractivity contribution in [2.24, 2.45) is 5.92 Å². The number of hydrogen-bond donors (Lipinski definition) is 1. The third kappa shape index (κ3) is 3.58. The molecule has 1 unspecified atom stereocenters. The van der Waals surface area contributed by atoms with Gasteiger partial charge < -0.3 is 10.2 Å². The molecule has 20 heavy (non-hydrogen) atoms. The Balaban J connectivity index is 2.08. The van der Waals surface area contributed by atoms with Crippen molar-refractivity contribution in [3.8, 4) is 0 Å². The molecule has 0 amide bonds. The number of nitrogens with zero attached hydrogens (tertiary/aromatic N) is 2. The van der Waals surface area contributed by atoms with Crippen LogP contribution in [0.3, 0.4) is 0 Å². The molecule has 1 saturated heterocycles. The number of rotatable bonds is 4. The van der Waals surface area contributed by atoms with Crippen molar-refractivity contribution in [1.29, 1.82) is 0 Å². The fourth-order valence-corrected chi connectivity index (χ4v) is 2.69. The Kier molecular flexibility index (Phi) is 4.77. The monoisotopic (exact) mass is 301 g/mol. The van der Waals surface area contributed by atoms with Crippen LogP contribution in [-0.2, 0) is 0 Å². The predicted molar refractivity (Wildman–Crippen MR) is 76.8 cm³/mol. The molecule has 2 rings (SSSR count). The minimum Gasteiger partial charge on any atom is -0.379 e. The molecule has 0 saturated carbocycles. The van der Waals surface area contributed by atoms with E-state index < -0.39 is 10.7 Å². The molecule has 1 heterocycles.